The molecule has 3 N–H and O–H groups in total. The number of nitrogens with zero attached hydrogens (tertiary/aromatic N) is 3. The minimum atomic E-state index is -0.963. The minimum absolute atomic E-state index is 0.0155. The second kappa shape index (κ2) is 7.84. The van der Waals surface area contributed by atoms with Gasteiger partial charge in [-0.1, -0.05) is 0 Å². The number of anilines is 1. The molecule has 0 saturated carbocycles. The zero-order valence-corrected chi connectivity index (χ0v) is 12.6. The average molecular weight is 324 g/mol. The number of piperidine rings is 1. The lowest BCUT2D eigenvalue weighted by atomic mass is 9.97. The van der Waals surface area contributed by atoms with Crippen molar-refractivity contribution in [1.82, 2.24) is 10.3 Å². The molecule has 0 radical (unpaired) electrons. The van der Waals surface area contributed by atoms with E-state index in [4.69, 9.17) is 5.11 Å². The van der Waals surface area contributed by atoms with E-state index in [0.717, 1.165) is 19.4 Å². The zero-order chi connectivity index (χ0) is 16.8. The molecule has 1 fully saturated rings. The summed E-state index contributed by atoms with van der Waals surface area (Å²) in [6, 6.07) is 2.97. The topological polar surface area (TPSA) is 129 Å². The summed E-state index contributed by atoms with van der Waals surface area (Å²) in [4.78, 5) is 28.2. The molecule has 0 bridgehead atoms. The second-order valence-electron chi connectivity index (χ2n) is 5.50. The van der Waals surface area contributed by atoms with E-state index < -0.39 is 17.6 Å². The molecule has 1 aromatic rings. The Morgan fingerprint density at radius 1 is 1.57 bits per heavy atom. The Balaban J connectivity index is 1.94. The highest BCUT2D eigenvalue weighted by molar-refractivity contribution is 5.79. The molecule has 2 atom stereocenters. The predicted octanol–water partition coefficient (Wildman–Crippen LogP) is -0.324. The Hall–Kier alpha value is -2.26. The first-order chi connectivity index (χ1) is 11.0. The smallest absolute Gasteiger partial charge is 0.287 e. The van der Waals surface area contributed by atoms with Crippen LogP contribution >= 0.6 is 0 Å². The van der Waals surface area contributed by atoms with Crippen molar-refractivity contribution >= 4 is 17.4 Å². The van der Waals surface area contributed by atoms with E-state index in [2.05, 4.69) is 10.3 Å². The normalized spacial score (nSPS) is 19.2. The Labute approximate surface area is 133 Å². The maximum absolute atomic E-state index is 12.1. The van der Waals surface area contributed by atoms with Gasteiger partial charge in [-0.05, 0) is 18.9 Å². The summed E-state index contributed by atoms with van der Waals surface area (Å²) >= 11 is 0. The summed E-state index contributed by atoms with van der Waals surface area (Å²) in [7, 11) is 0. The van der Waals surface area contributed by atoms with Crippen LogP contribution in [0.15, 0.2) is 18.3 Å². The summed E-state index contributed by atoms with van der Waals surface area (Å²) in [5.74, 6) is 0.180. The summed E-state index contributed by atoms with van der Waals surface area (Å²) in [6.07, 6.45) is 1.77. The number of amides is 1. The van der Waals surface area contributed by atoms with Gasteiger partial charge in [0.2, 0.25) is 5.91 Å². The van der Waals surface area contributed by atoms with Crippen molar-refractivity contribution < 1.29 is 19.9 Å². The summed E-state index contributed by atoms with van der Waals surface area (Å²) < 4.78 is 0. The SMILES string of the molecule is O=C(NCC(O)CO)C1CCCN(c2ccc([N+](=O)[O-])cn2)C1. The minimum Gasteiger partial charge on any atom is -0.394 e. The van der Waals surface area contributed by atoms with Gasteiger partial charge in [0.15, 0.2) is 0 Å². The number of aliphatic hydroxyl groups is 2. The highest BCUT2D eigenvalue weighted by atomic mass is 16.6. The first-order valence-electron chi connectivity index (χ1n) is 7.43. The van der Waals surface area contributed by atoms with E-state index in [-0.39, 0.29) is 24.1 Å². The molecule has 9 heteroatoms. The molecule has 1 aliphatic rings. The fourth-order valence-electron chi connectivity index (χ4n) is 2.50. The Morgan fingerprint density at radius 3 is 2.96 bits per heavy atom. The molecule has 1 aliphatic heterocycles. The Kier molecular flexibility index (Phi) is 5.83. The van der Waals surface area contributed by atoms with Crippen molar-refractivity contribution in [2.45, 2.75) is 18.9 Å². The number of pyridine rings is 1. The fourth-order valence-corrected chi connectivity index (χ4v) is 2.50. The van der Waals surface area contributed by atoms with Gasteiger partial charge >= 0.3 is 0 Å². The number of carbonyl (C=O) groups is 1. The van der Waals surface area contributed by atoms with Crippen molar-refractivity contribution in [2.75, 3.05) is 31.1 Å². The lowest BCUT2D eigenvalue weighted by Gasteiger charge is -2.32. The first-order valence-corrected chi connectivity index (χ1v) is 7.43. The van der Waals surface area contributed by atoms with Gasteiger partial charge in [0.25, 0.3) is 5.69 Å². The van der Waals surface area contributed by atoms with E-state index in [1.165, 1.54) is 12.3 Å². The quantitative estimate of drug-likeness (QED) is 0.483. The third kappa shape index (κ3) is 4.60. The number of hydrogen-bond acceptors (Lipinski definition) is 7. The van der Waals surface area contributed by atoms with E-state index in [1.807, 2.05) is 4.90 Å². The maximum Gasteiger partial charge on any atom is 0.287 e. The molecule has 1 saturated heterocycles. The number of carbonyl (C=O) groups excluding carboxylic acids is 1. The van der Waals surface area contributed by atoms with Gasteiger partial charge in [-0.25, -0.2) is 4.98 Å². The molecule has 126 valence electrons. The lowest BCUT2D eigenvalue weighted by Crippen LogP contribution is -2.45. The fraction of sp³-hybridized carbons (Fsp3) is 0.571. The first kappa shape index (κ1) is 17.1. The number of nitro groups is 1. The zero-order valence-electron chi connectivity index (χ0n) is 12.6. The number of aliphatic hydroxyl groups excluding tert-OH is 2. The molecule has 2 rings (SSSR count). The number of hydrogen-bond donors (Lipinski definition) is 3. The van der Waals surface area contributed by atoms with Crippen molar-refractivity contribution in [1.29, 1.82) is 0 Å². The van der Waals surface area contributed by atoms with Gasteiger partial charge < -0.3 is 20.4 Å². The summed E-state index contributed by atoms with van der Waals surface area (Å²) in [5.41, 5.74) is -0.0713. The highest BCUT2D eigenvalue weighted by Gasteiger charge is 2.26. The van der Waals surface area contributed by atoms with Crippen LogP contribution in [0, 0.1) is 16.0 Å². The van der Waals surface area contributed by atoms with Crippen LogP contribution in [0.2, 0.25) is 0 Å². The van der Waals surface area contributed by atoms with Crippen LogP contribution in [0.1, 0.15) is 12.8 Å². The van der Waals surface area contributed by atoms with Crippen LogP contribution in [0.4, 0.5) is 11.5 Å². The third-order valence-corrected chi connectivity index (χ3v) is 3.78. The van der Waals surface area contributed by atoms with Crippen LogP contribution in [-0.2, 0) is 4.79 Å². The molecule has 1 aromatic heterocycles. The van der Waals surface area contributed by atoms with Gasteiger partial charge in [0, 0.05) is 25.7 Å². The molecule has 9 nitrogen and oxygen atoms in total. The van der Waals surface area contributed by atoms with Crippen molar-refractivity contribution in [3.05, 3.63) is 28.4 Å². The Morgan fingerprint density at radius 2 is 2.35 bits per heavy atom. The molecule has 2 unspecified atom stereocenters. The van der Waals surface area contributed by atoms with Crippen molar-refractivity contribution in [3.8, 4) is 0 Å². The standard InChI is InChI=1S/C14H20N4O5/c19-9-12(20)7-16-14(21)10-2-1-5-17(8-10)13-4-3-11(6-15-13)18(22)23/h3-4,6,10,12,19-20H,1-2,5,7-9H2,(H,16,21). The third-order valence-electron chi connectivity index (χ3n) is 3.78. The molecule has 0 aromatic carbocycles. The van der Waals surface area contributed by atoms with E-state index in [1.54, 1.807) is 6.07 Å². The number of nitrogens with one attached hydrogen (secondary N) is 1. The monoisotopic (exact) mass is 324 g/mol. The molecule has 0 aliphatic carbocycles. The maximum atomic E-state index is 12.1. The lowest BCUT2D eigenvalue weighted by molar-refractivity contribution is -0.385. The second-order valence-corrected chi connectivity index (χ2v) is 5.50. The summed E-state index contributed by atoms with van der Waals surface area (Å²) in [5, 5.41) is 31.3. The van der Waals surface area contributed by atoms with Gasteiger partial charge in [0.05, 0.1) is 23.6 Å². The largest absolute Gasteiger partial charge is 0.394 e. The van der Waals surface area contributed by atoms with Crippen LogP contribution in [-0.4, -0.2) is 58.4 Å². The van der Waals surface area contributed by atoms with Gasteiger partial charge in [0.1, 0.15) is 12.0 Å². The van der Waals surface area contributed by atoms with Gasteiger partial charge in [-0.3, -0.25) is 14.9 Å². The molecule has 1 amide bonds. The Bertz CT molecular complexity index is 551. The highest BCUT2D eigenvalue weighted by Crippen LogP contribution is 2.23. The molecular weight excluding hydrogens is 304 g/mol. The predicted molar refractivity (Wildman–Crippen MR) is 81.9 cm³/mol. The molecule has 0 spiro atoms. The van der Waals surface area contributed by atoms with E-state index in [9.17, 15) is 20.0 Å². The number of aromatic nitrogens is 1. The van der Waals surface area contributed by atoms with Crippen LogP contribution in [0.3, 0.4) is 0 Å². The molecule has 2 heterocycles. The van der Waals surface area contributed by atoms with E-state index >= 15 is 0 Å². The van der Waals surface area contributed by atoms with Gasteiger partial charge in [-0.2, -0.15) is 0 Å². The molecule has 23 heavy (non-hydrogen) atoms. The average Bonchev–Trinajstić information content (AvgIpc) is 2.59. The molecular formula is C14H20N4O5. The van der Waals surface area contributed by atoms with Gasteiger partial charge in [-0.15, -0.1) is 0 Å². The van der Waals surface area contributed by atoms with Crippen molar-refractivity contribution in [3.63, 3.8) is 0 Å². The van der Waals surface area contributed by atoms with E-state index in [0.29, 0.717) is 12.4 Å². The van der Waals surface area contributed by atoms with Crippen LogP contribution in [0.25, 0.3) is 0 Å². The van der Waals surface area contributed by atoms with Crippen LogP contribution in [0.5, 0.6) is 0 Å². The van der Waals surface area contributed by atoms with Crippen molar-refractivity contribution in [2.24, 2.45) is 5.92 Å². The van der Waals surface area contributed by atoms with Crippen LogP contribution < -0.4 is 10.2 Å². The number of rotatable bonds is 6. The summed E-state index contributed by atoms with van der Waals surface area (Å²) in [6.45, 7) is 0.811.